The lowest BCUT2D eigenvalue weighted by Gasteiger charge is -2.03. The molecule has 0 fully saturated rings. The van der Waals surface area contributed by atoms with E-state index >= 15 is 0 Å². The van der Waals surface area contributed by atoms with Crippen molar-refractivity contribution >= 4 is 11.6 Å². The number of carbonyl (C=O) groups excluding carboxylic acids is 1. The van der Waals surface area contributed by atoms with Gasteiger partial charge in [0.05, 0.1) is 5.71 Å². The van der Waals surface area contributed by atoms with E-state index in [1.807, 2.05) is 0 Å². The zero-order valence-electron chi connectivity index (χ0n) is 10.3. The normalized spacial score (nSPS) is 11.2. The van der Waals surface area contributed by atoms with Gasteiger partial charge in [-0.3, -0.25) is 9.78 Å². The lowest BCUT2D eigenvalue weighted by atomic mass is 10.1. The molecule has 0 radical (unpaired) electrons. The van der Waals surface area contributed by atoms with Crippen LogP contribution in [0.1, 0.15) is 23.0 Å². The lowest BCUT2D eigenvalue weighted by Crippen LogP contribution is -2.20. The number of aromatic nitrogens is 1. The summed E-state index contributed by atoms with van der Waals surface area (Å²) in [7, 11) is 0. The van der Waals surface area contributed by atoms with Crippen molar-refractivity contribution in [2.45, 2.75) is 6.92 Å². The van der Waals surface area contributed by atoms with Gasteiger partial charge in [-0.05, 0) is 25.1 Å². The fourth-order valence-electron chi connectivity index (χ4n) is 1.50. The highest BCUT2D eigenvalue weighted by atomic mass is 19.1. The van der Waals surface area contributed by atoms with Crippen LogP contribution in [0.15, 0.2) is 53.8 Å². The number of hydrogen-bond donors (Lipinski definition) is 1. The maximum Gasteiger partial charge on any atom is 0.289 e. The Morgan fingerprint density at radius 3 is 2.63 bits per heavy atom. The molecule has 0 spiro atoms. The number of benzene rings is 1. The Hall–Kier alpha value is -2.56. The summed E-state index contributed by atoms with van der Waals surface area (Å²) in [6, 6.07) is 11.2. The first-order valence-electron chi connectivity index (χ1n) is 5.69. The average Bonchev–Trinajstić information content (AvgIpc) is 2.46. The summed E-state index contributed by atoms with van der Waals surface area (Å²) >= 11 is 0. The van der Waals surface area contributed by atoms with Crippen LogP contribution in [-0.4, -0.2) is 16.6 Å². The molecule has 1 N–H and O–H groups in total. The first-order valence-corrected chi connectivity index (χ1v) is 5.69. The van der Waals surface area contributed by atoms with E-state index in [1.165, 1.54) is 12.3 Å². The molecule has 0 aliphatic rings. The molecule has 5 heteroatoms. The molecule has 4 nitrogen and oxygen atoms in total. The number of pyridine rings is 1. The van der Waals surface area contributed by atoms with Crippen molar-refractivity contribution in [2.75, 3.05) is 0 Å². The highest BCUT2D eigenvalue weighted by Crippen LogP contribution is 2.07. The van der Waals surface area contributed by atoms with Gasteiger partial charge in [0, 0.05) is 11.8 Å². The standard InChI is InChI=1S/C14H12FN3O/c1-10(11-6-2-3-7-12(11)15)17-18-14(19)13-8-4-5-9-16-13/h2-9H,1H3,(H,18,19)/b17-10-. The van der Waals surface area contributed by atoms with E-state index in [4.69, 9.17) is 0 Å². The van der Waals surface area contributed by atoms with E-state index in [-0.39, 0.29) is 11.5 Å². The second-order valence-corrected chi connectivity index (χ2v) is 3.83. The molecule has 1 aromatic carbocycles. The number of hydrazone groups is 1. The molecule has 96 valence electrons. The van der Waals surface area contributed by atoms with Gasteiger partial charge in [-0.25, -0.2) is 9.82 Å². The van der Waals surface area contributed by atoms with Gasteiger partial charge < -0.3 is 0 Å². The Balaban J connectivity index is 2.11. The van der Waals surface area contributed by atoms with Crippen molar-refractivity contribution in [1.29, 1.82) is 0 Å². The second-order valence-electron chi connectivity index (χ2n) is 3.83. The molecule has 2 rings (SSSR count). The van der Waals surface area contributed by atoms with Crippen LogP contribution >= 0.6 is 0 Å². The minimum absolute atomic E-state index is 0.257. The first kappa shape index (κ1) is 12.9. The van der Waals surface area contributed by atoms with Gasteiger partial charge in [-0.1, -0.05) is 24.3 Å². The van der Waals surface area contributed by atoms with Crippen LogP contribution in [0, 0.1) is 5.82 Å². The molecule has 1 amide bonds. The summed E-state index contributed by atoms with van der Waals surface area (Å²) in [4.78, 5) is 15.6. The third-order valence-corrected chi connectivity index (χ3v) is 2.49. The molecule has 0 aliphatic carbocycles. The fourth-order valence-corrected chi connectivity index (χ4v) is 1.50. The summed E-state index contributed by atoms with van der Waals surface area (Å²) in [5, 5.41) is 3.87. The molecule has 0 bridgehead atoms. The van der Waals surface area contributed by atoms with E-state index in [1.54, 1.807) is 43.3 Å². The van der Waals surface area contributed by atoms with Crippen LogP contribution < -0.4 is 5.43 Å². The average molecular weight is 257 g/mol. The smallest absolute Gasteiger partial charge is 0.266 e. The van der Waals surface area contributed by atoms with Crippen LogP contribution in [0.5, 0.6) is 0 Å². The third-order valence-electron chi connectivity index (χ3n) is 2.49. The molecule has 19 heavy (non-hydrogen) atoms. The number of nitrogens with one attached hydrogen (secondary N) is 1. The van der Waals surface area contributed by atoms with Crippen molar-refractivity contribution in [1.82, 2.24) is 10.4 Å². The summed E-state index contributed by atoms with van der Waals surface area (Å²) < 4.78 is 13.5. The molecular formula is C14H12FN3O. The Labute approximate surface area is 110 Å². The van der Waals surface area contributed by atoms with E-state index in [2.05, 4.69) is 15.5 Å². The Morgan fingerprint density at radius 1 is 1.21 bits per heavy atom. The van der Waals surface area contributed by atoms with E-state index in [0.29, 0.717) is 11.3 Å². The monoisotopic (exact) mass is 257 g/mol. The van der Waals surface area contributed by atoms with Crippen molar-refractivity contribution in [3.05, 3.63) is 65.7 Å². The highest BCUT2D eigenvalue weighted by molar-refractivity contribution is 6.00. The van der Waals surface area contributed by atoms with Gasteiger partial charge in [0.1, 0.15) is 11.5 Å². The van der Waals surface area contributed by atoms with Crippen molar-refractivity contribution < 1.29 is 9.18 Å². The number of carbonyl (C=O) groups is 1. The predicted octanol–water partition coefficient (Wildman–Crippen LogP) is 2.37. The maximum atomic E-state index is 13.5. The molecule has 0 aliphatic heterocycles. The van der Waals surface area contributed by atoms with Gasteiger partial charge >= 0.3 is 0 Å². The maximum absolute atomic E-state index is 13.5. The van der Waals surface area contributed by atoms with Crippen LogP contribution in [0.2, 0.25) is 0 Å². The van der Waals surface area contributed by atoms with Crippen LogP contribution in [0.4, 0.5) is 4.39 Å². The van der Waals surface area contributed by atoms with Crippen molar-refractivity contribution in [3.63, 3.8) is 0 Å². The SMILES string of the molecule is C/C(=N/NC(=O)c1ccccn1)c1ccccc1F. The van der Waals surface area contributed by atoms with Crippen molar-refractivity contribution in [2.24, 2.45) is 5.10 Å². The number of nitrogens with zero attached hydrogens (tertiary/aromatic N) is 2. The first-order chi connectivity index (χ1) is 9.18. The molecule has 1 heterocycles. The molecule has 1 aromatic heterocycles. The molecule has 0 atom stereocenters. The summed E-state index contributed by atoms with van der Waals surface area (Å²) in [5.41, 5.74) is 3.34. The fraction of sp³-hybridized carbons (Fsp3) is 0.0714. The van der Waals surface area contributed by atoms with Crippen LogP contribution in [0.3, 0.4) is 0 Å². The number of rotatable bonds is 3. The highest BCUT2D eigenvalue weighted by Gasteiger charge is 2.07. The van der Waals surface area contributed by atoms with Gasteiger partial charge in [0.2, 0.25) is 0 Å². The summed E-state index contributed by atoms with van der Waals surface area (Å²) in [5.74, 6) is -0.813. The Bertz CT molecular complexity index is 611. The minimum Gasteiger partial charge on any atom is -0.266 e. The van der Waals surface area contributed by atoms with Gasteiger partial charge in [0.25, 0.3) is 5.91 Å². The molecule has 2 aromatic rings. The molecule has 0 unspecified atom stereocenters. The van der Waals surface area contributed by atoms with Crippen LogP contribution in [-0.2, 0) is 0 Å². The quantitative estimate of drug-likeness (QED) is 0.678. The van der Waals surface area contributed by atoms with E-state index in [9.17, 15) is 9.18 Å². The molecule has 0 saturated carbocycles. The summed E-state index contributed by atoms with van der Waals surface area (Å²) in [6.45, 7) is 1.62. The topological polar surface area (TPSA) is 54.4 Å². The predicted molar refractivity (Wildman–Crippen MR) is 70.3 cm³/mol. The van der Waals surface area contributed by atoms with E-state index in [0.717, 1.165) is 0 Å². The number of hydrogen-bond acceptors (Lipinski definition) is 3. The largest absolute Gasteiger partial charge is 0.289 e. The molecular weight excluding hydrogens is 245 g/mol. The van der Waals surface area contributed by atoms with Gasteiger partial charge in [-0.15, -0.1) is 0 Å². The number of amides is 1. The number of halogens is 1. The zero-order valence-corrected chi connectivity index (χ0v) is 10.3. The van der Waals surface area contributed by atoms with Crippen molar-refractivity contribution in [3.8, 4) is 0 Å². The minimum atomic E-state index is -0.434. The Kier molecular flexibility index (Phi) is 3.97. The summed E-state index contributed by atoms with van der Waals surface area (Å²) in [6.07, 6.45) is 1.52. The molecule has 0 saturated heterocycles. The van der Waals surface area contributed by atoms with Gasteiger partial charge in [0.15, 0.2) is 0 Å². The zero-order chi connectivity index (χ0) is 13.7. The second kappa shape index (κ2) is 5.86. The Morgan fingerprint density at radius 2 is 1.95 bits per heavy atom. The lowest BCUT2D eigenvalue weighted by molar-refractivity contribution is 0.0950. The van der Waals surface area contributed by atoms with Gasteiger partial charge in [-0.2, -0.15) is 5.10 Å². The third kappa shape index (κ3) is 3.22. The van der Waals surface area contributed by atoms with E-state index < -0.39 is 5.91 Å². The van der Waals surface area contributed by atoms with Crippen LogP contribution in [0.25, 0.3) is 0 Å².